The summed E-state index contributed by atoms with van der Waals surface area (Å²) in [7, 11) is 2.98. The number of nitro groups is 1. The van der Waals surface area contributed by atoms with E-state index in [1.165, 1.54) is 26.4 Å². The second-order valence-electron chi connectivity index (χ2n) is 6.02. The number of aliphatic carboxylic acids is 1. The molecule has 13 heteroatoms. The van der Waals surface area contributed by atoms with Crippen molar-refractivity contribution >= 4 is 45.4 Å². The van der Waals surface area contributed by atoms with Crippen molar-refractivity contribution in [2.24, 2.45) is 0 Å². The van der Waals surface area contributed by atoms with Crippen LogP contribution in [0.15, 0.2) is 49.3 Å². The monoisotopic (exact) mass is 523 g/mol. The molecule has 0 fully saturated rings. The molecule has 32 heavy (non-hydrogen) atoms. The van der Waals surface area contributed by atoms with Gasteiger partial charge in [-0.15, -0.1) is 10.2 Å². The fourth-order valence-corrected chi connectivity index (χ4v) is 3.65. The van der Waals surface area contributed by atoms with Gasteiger partial charge in [-0.3, -0.25) is 10.1 Å². The van der Waals surface area contributed by atoms with E-state index in [1.807, 2.05) is 0 Å². The quantitative estimate of drug-likeness (QED) is 0.187. The van der Waals surface area contributed by atoms with E-state index in [0.717, 1.165) is 6.07 Å². The lowest BCUT2D eigenvalue weighted by Crippen LogP contribution is -1.97. The molecule has 3 rings (SSSR count). The number of hydrogen-bond acceptors (Lipinski definition) is 10. The fourth-order valence-electron chi connectivity index (χ4n) is 2.51. The fraction of sp³-hybridized carbons (Fsp3) is 0.105. The van der Waals surface area contributed by atoms with Crippen LogP contribution in [0.25, 0.3) is 17.5 Å². The van der Waals surface area contributed by atoms with Gasteiger partial charge in [-0.1, -0.05) is 0 Å². The highest BCUT2D eigenvalue weighted by Gasteiger charge is 2.20. The molecular formula is C19H14BrN3O8S. The number of nitro benzene ring substituents is 1. The average Bonchev–Trinajstić information content (AvgIpc) is 3.23. The minimum absolute atomic E-state index is 0.0414. The number of halogens is 1. The molecule has 0 atom stereocenters. The molecule has 0 amide bonds. The molecule has 0 unspecified atom stereocenters. The molecule has 0 aliphatic heterocycles. The number of aromatic hydroxyl groups is 1. The molecule has 1 aromatic heterocycles. The third-order valence-electron chi connectivity index (χ3n) is 3.97. The summed E-state index contributed by atoms with van der Waals surface area (Å²) in [4.78, 5) is 21.8. The van der Waals surface area contributed by atoms with Gasteiger partial charge >= 0.3 is 11.7 Å². The number of benzene rings is 2. The third kappa shape index (κ3) is 5.18. The number of carbonyl (C=O) groups is 1. The molecule has 3 aromatic rings. The lowest BCUT2D eigenvalue weighted by molar-refractivity contribution is -0.386. The Labute approximate surface area is 193 Å². The van der Waals surface area contributed by atoms with E-state index < -0.39 is 22.3 Å². The van der Waals surface area contributed by atoms with Crippen molar-refractivity contribution in [3.63, 3.8) is 0 Å². The SMILES string of the molecule is COc1cc(OC)cc(-c2nnc(S/C(=C\c3cc(Br)c(O)c([N+](=O)[O-])c3)C(=O)O)o2)c1. The number of phenols is 1. The van der Waals surface area contributed by atoms with Crippen LogP contribution in [-0.2, 0) is 4.79 Å². The van der Waals surface area contributed by atoms with Gasteiger partial charge in [0, 0.05) is 17.7 Å². The van der Waals surface area contributed by atoms with Gasteiger partial charge in [-0.05, 0) is 57.5 Å². The molecule has 11 nitrogen and oxygen atoms in total. The predicted octanol–water partition coefficient (Wildman–Crippen LogP) is 4.35. The molecular weight excluding hydrogens is 510 g/mol. The zero-order chi connectivity index (χ0) is 23.4. The molecule has 0 bridgehead atoms. The number of rotatable bonds is 8. The van der Waals surface area contributed by atoms with Gasteiger partial charge in [0.1, 0.15) is 16.4 Å². The van der Waals surface area contributed by atoms with Crippen molar-refractivity contribution in [3.05, 3.63) is 55.4 Å². The Morgan fingerprint density at radius 1 is 1.19 bits per heavy atom. The molecule has 0 radical (unpaired) electrons. The van der Waals surface area contributed by atoms with Crippen LogP contribution in [0, 0.1) is 10.1 Å². The van der Waals surface area contributed by atoms with Gasteiger partial charge < -0.3 is 24.1 Å². The predicted molar refractivity (Wildman–Crippen MR) is 117 cm³/mol. The zero-order valence-corrected chi connectivity index (χ0v) is 18.8. The molecule has 2 aromatic carbocycles. The minimum Gasteiger partial charge on any atom is -0.501 e. The highest BCUT2D eigenvalue weighted by Crippen LogP contribution is 2.37. The summed E-state index contributed by atoms with van der Waals surface area (Å²) in [5.41, 5.74) is 0.0930. The van der Waals surface area contributed by atoms with Gasteiger partial charge in [0.05, 0.1) is 23.6 Å². The maximum absolute atomic E-state index is 11.7. The summed E-state index contributed by atoms with van der Waals surface area (Å²) in [6.07, 6.45) is 1.18. The number of ether oxygens (including phenoxy) is 2. The van der Waals surface area contributed by atoms with E-state index in [4.69, 9.17) is 13.9 Å². The number of aromatic nitrogens is 2. The van der Waals surface area contributed by atoms with Crippen molar-refractivity contribution in [1.29, 1.82) is 0 Å². The van der Waals surface area contributed by atoms with E-state index in [1.54, 1.807) is 18.2 Å². The van der Waals surface area contributed by atoms with Crippen molar-refractivity contribution < 1.29 is 33.8 Å². The average molecular weight is 524 g/mol. The van der Waals surface area contributed by atoms with Crippen LogP contribution < -0.4 is 9.47 Å². The highest BCUT2D eigenvalue weighted by atomic mass is 79.9. The maximum atomic E-state index is 11.7. The number of hydrogen-bond donors (Lipinski definition) is 2. The molecule has 0 aliphatic carbocycles. The second-order valence-corrected chi connectivity index (χ2v) is 7.87. The number of phenolic OH excluding ortho intramolecular Hbond substituents is 1. The summed E-state index contributed by atoms with van der Waals surface area (Å²) in [6.45, 7) is 0. The Kier molecular flexibility index (Phi) is 7.00. The van der Waals surface area contributed by atoms with Gasteiger partial charge in [-0.2, -0.15) is 0 Å². The maximum Gasteiger partial charge on any atom is 0.342 e. The zero-order valence-electron chi connectivity index (χ0n) is 16.4. The second kappa shape index (κ2) is 9.70. The summed E-state index contributed by atoms with van der Waals surface area (Å²) in [6, 6.07) is 7.34. The van der Waals surface area contributed by atoms with Crippen LogP contribution in [-0.4, -0.2) is 45.5 Å². The van der Waals surface area contributed by atoms with Crippen molar-refractivity contribution in [2.45, 2.75) is 5.22 Å². The minimum atomic E-state index is -1.32. The summed E-state index contributed by atoms with van der Waals surface area (Å²) in [5.74, 6) is -0.774. The lowest BCUT2D eigenvalue weighted by atomic mass is 10.1. The molecule has 0 saturated heterocycles. The first-order valence-corrected chi connectivity index (χ1v) is 10.2. The highest BCUT2D eigenvalue weighted by molar-refractivity contribution is 9.10. The van der Waals surface area contributed by atoms with E-state index in [2.05, 4.69) is 26.1 Å². The summed E-state index contributed by atoms with van der Waals surface area (Å²) in [5, 5.41) is 38.1. The third-order valence-corrected chi connectivity index (χ3v) is 5.43. The molecule has 0 saturated carbocycles. The Morgan fingerprint density at radius 3 is 2.41 bits per heavy atom. The van der Waals surface area contributed by atoms with Crippen LogP contribution in [0.2, 0.25) is 0 Å². The molecule has 0 spiro atoms. The van der Waals surface area contributed by atoms with E-state index >= 15 is 0 Å². The van der Waals surface area contributed by atoms with E-state index in [-0.39, 0.29) is 26.1 Å². The van der Waals surface area contributed by atoms with Crippen LogP contribution in [0.3, 0.4) is 0 Å². The Balaban J connectivity index is 1.93. The van der Waals surface area contributed by atoms with Crippen molar-refractivity contribution in [2.75, 3.05) is 14.2 Å². The molecule has 1 heterocycles. The standard InChI is InChI=1S/C19H14BrN3O8S/c1-29-11-6-10(7-12(8-11)30-2)17-21-22-19(31-17)32-15(18(25)26)5-9-3-13(20)16(24)14(4-9)23(27)28/h3-8,24H,1-2H3,(H,25,26)/b15-5-. The van der Waals surface area contributed by atoms with Gasteiger partial charge in [0.2, 0.25) is 11.6 Å². The Morgan fingerprint density at radius 2 is 1.84 bits per heavy atom. The van der Waals surface area contributed by atoms with Crippen LogP contribution in [0.1, 0.15) is 5.56 Å². The summed E-state index contributed by atoms with van der Waals surface area (Å²) < 4.78 is 16.0. The molecule has 0 aliphatic rings. The van der Waals surface area contributed by atoms with Crippen molar-refractivity contribution in [3.8, 4) is 28.7 Å². The van der Waals surface area contributed by atoms with Crippen molar-refractivity contribution in [1.82, 2.24) is 10.2 Å². The molecule has 2 N–H and O–H groups in total. The smallest absolute Gasteiger partial charge is 0.342 e. The van der Waals surface area contributed by atoms with E-state index in [9.17, 15) is 25.1 Å². The van der Waals surface area contributed by atoms with Crippen LogP contribution in [0.4, 0.5) is 5.69 Å². The number of carboxylic acid groups (broad SMARTS) is 1. The largest absolute Gasteiger partial charge is 0.501 e. The normalized spacial score (nSPS) is 11.3. The first kappa shape index (κ1) is 23.1. The first-order chi connectivity index (χ1) is 15.2. The van der Waals surface area contributed by atoms with Gasteiger partial charge in [-0.25, -0.2) is 4.79 Å². The van der Waals surface area contributed by atoms with E-state index in [0.29, 0.717) is 28.8 Å². The Hall–Kier alpha value is -3.58. The van der Waals surface area contributed by atoms with Crippen LogP contribution in [0.5, 0.6) is 17.2 Å². The number of carboxylic acids is 1. The summed E-state index contributed by atoms with van der Waals surface area (Å²) >= 11 is 3.67. The first-order valence-electron chi connectivity index (χ1n) is 8.58. The number of thioether (sulfide) groups is 1. The number of nitrogens with zero attached hydrogens (tertiary/aromatic N) is 3. The lowest BCUT2D eigenvalue weighted by Gasteiger charge is -2.05. The van der Waals surface area contributed by atoms with Gasteiger partial charge in [0.15, 0.2) is 0 Å². The Bertz CT molecular complexity index is 1210. The molecule has 166 valence electrons. The van der Waals surface area contributed by atoms with Crippen LogP contribution >= 0.6 is 27.7 Å². The van der Waals surface area contributed by atoms with Gasteiger partial charge in [0.25, 0.3) is 5.22 Å². The number of methoxy groups -OCH3 is 2. The topological polar surface area (TPSA) is 158 Å².